The fourth-order valence-corrected chi connectivity index (χ4v) is 4.22. The number of nitrogens with one attached hydrogen (secondary N) is 1. The van der Waals surface area contributed by atoms with Gasteiger partial charge in [-0.15, -0.1) is 0 Å². The molecule has 2 saturated carbocycles. The zero-order chi connectivity index (χ0) is 18.1. The minimum Gasteiger partial charge on any atom is -0.366 e. The van der Waals surface area contributed by atoms with E-state index < -0.39 is 5.41 Å². The third-order valence-electron chi connectivity index (χ3n) is 6.04. The first kappa shape index (κ1) is 17.3. The van der Waals surface area contributed by atoms with Gasteiger partial charge in [-0.1, -0.05) is 25.0 Å². The number of benzene rings is 1. The van der Waals surface area contributed by atoms with E-state index in [0.717, 1.165) is 25.7 Å². The molecule has 2 aliphatic carbocycles. The van der Waals surface area contributed by atoms with Crippen LogP contribution in [0.3, 0.4) is 0 Å². The molecular weight excluding hydrogens is 333 g/mol. The van der Waals surface area contributed by atoms with E-state index in [1.165, 1.54) is 6.07 Å². The zero-order valence-corrected chi connectivity index (χ0v) is 15.0. The van der Waals surface area contributed by atoms with Crippen molar-refractivity contribution in [3.63, 3.8) is 0 Å². The summed E-state index contributed by atoms with van der Waals surface area (Å²) in [5.74, 6) is -0.353. The molecule has 1 N–H and O–H groups in total. The summed E-state index contributed by atoms with van der Waals surface area (Å²) in [5, 5.41) is 3.10. The Morgan fingerprint density at radius 1 is 1.04 bits per heavy atom. The van der Waals surface area contributed by atoms with Crippen molar-refractivity contribution < 1.29 is 14.0 Å². The third kappa shape index (κ3) is 3.17. The molecular formula is C20H26FN3O2. The van der Waals surface area contributed by atoms with Crippen molar-refractivity contribution in [3.8, 4) is 0 Å². The Hall–Kier alpha value is -2.11. The second-order valence-corrected chi connectivity index (χ2v) is 7.77. The molecule has 4 rings (SSSR count). The molecule has 140 valence electrons. The molecule has 1 aromatic rings. The zero-order valence-electron chi connectivity index (χ0n) is 15.0. The van der Waals surface area contributed by atoms with Gasteiger partial charge >= 0.3 is 0 Å². The van der Waals surface area contributed by atoms with Crippen LogP contribution in [-0.2, 0) is 9.59 Å². The number of anilines is 1. The number of halogens is 1. The minimum atomic E-state index is -0.831. The summed E-state index contributed by atoms with van der Waals surface area (Å²) in [5.41, 5.74) is -0.248. The largest absolute Gasteiger partial charge is 0.366 e. The summed E-state index contributed by atoms with van der Waals surface area (Å²) < 4.78 is 14.0. The maximum Gasteiger partial charge on any atom is 0.238 e. The van der Waals surface area contributed by atoms with Gasteiger partial charge in [-0.25, -0.2) is 4.39 Å². The number of hydrogen-bond acceptors (Lipinski definition) is 3. The molecule has 26 heavy (non-hydrogen) atoms. The van der Waals surface area contributed by atoms with Gasteiger partial charge in [0.2, 0.25) is 11.8 Å². The van der Waals surface area contributed by atoms with Gasteiger partial charge in [-0.2, -0.15) is 0 Å². The van der Waals surface area contributed by atoms with Crippen LogP contribution in [0.4, 0.5) is 10.1 Å². The van der Waals surface area contributed by atoms with Gasteiger partial charge in [0, 0.05) is 32.2 Å². The number of para-hydroxylation sites is 1. The summed E-state index contributed by atoms with van der Waals surface area (Å²) in [4.78, 5) is 29.4. The van der Waals surface area contributed by atoms with E-state index in [2.05, 4.69) is 5.32 Å². The molecule has 5 nitrogen and oxygen atoms in total. The van der Waals surface area contributed by atoms with Crippen molar-refractivity contribution in [1.82, 2.24) is 10.2 Å². The van der Waals surface area contributed by atoms with Crippen LogP contribution in [-0.4, -0.2) is 48.9 Å². The maximum absolute atomic E-state index is 14.0. The van der Waals surface area contributed by atoms with E-state index in [1.54, 1.807) is 17.0 Å². The Morgan fingerprint density at radius 2 is 1.69 bits per heavy atom. The Balaban J connectivity index is 1.36. The molecule has 0 radical (unpaired) electrons. The van der Waals surface area contributed by atoms with Crippen molar-refractivity contribution in [3.05, 3.63) is 30.1 Å². The number of piperazine rings is 1. The molecule has 0 aromatic heterocycles. The summed E-state index contributed by atoms with van der Waals surface area (Å²) in [6, 6.07) is 6.97. The number of rotatable bonds is 4. The Morgan fingerprint density at radius 3 is 2.31 bits per heavy atom. The van der Waals surface area contributed by atoms with E-state index in [0.29, 0.717) is 44.7 Å². The quantitative estimate of drug-likeness (QED) is 0.840. The number of amides is 2. The van der Waals surface area contributed by atoms with Crippen LogP contribution in [0.5, 0.6) is 0 Å². The van der Waals surface area contributed by atoms with Gasteiger partial charge in [0.25, 0.3) is 0 Å². The third-order valence-corrected chi connectivity index (χ3v) is 6.04. The normalized spacial score (nSPS) is 22.3. The summed E-state index contributed by atoms with van der Waals surface area (Å²) in [6.07, 6.45) is 5.66. The van der Waals surface area contributed by atoms with Gasteiger partial charge in [0.05, 0.1) is 5.69 Å². The maximum atomic E-state index is 14.0. The molecule has 1 saturated heterocycles. The molecule has 0 atom stereocenters. The molecule has 3 aliphatic rings. The van der Waals surface area contributed by atoms with Gasteiger partial charge < -0.3 is 15.1 Å². The number of hydrogen-bond donors (Lipinski definition) is 1. The highest BCUT2D eigenvalue weighted by Crippen LogP contribution is 2.48. The molecule has 1 heterocycles. The van der Waals surface area contributed by atoms with Crippen LogP contribution >= 0.6 is 0 Å². The monoisotopic (exact) mass is 359 g/mol. The average Bonchev–Trinajstić information content (AvgIpc) is 3.33. The standard InChI is InChI=1S/C20H26FN3O2/c21-16-7-3-4-8-17(16)23-11-13-24(14-12-23)19(26)20(9-10-20)18(25)22-15-5-1-2-6-15/h3-4,7-8,15H,1-2,5-6,9-14H2,(H,22,25). The topological polar surface area (TPSA) is 52.7 Å². The smallest absolute Gasteiger partial charge is 0.238 e. The van der Waals surface area contributed by atoms with Gasteiger partial charge in [0.1, 0.15) is 11.2 Å². The Bertz CT molecular complexity index is 690. The first-order valence-corrected chi connectivity index (χ1v) is 9.70. The fourth-order valence-electron chi connectivity index (χ4n) is 4.22. The van der Waals surface area contributed by atoms with E-state index in [4.69, 9.17) is 0 Å². The van der Waals surface area contributed by atoms with Crippen LogP contribution in [0.2, 0.25) is 0 Å². The number of nitrogens with zero attached hydrogens (tertiary/aromatic N) is 2. The lowest BCUT2D eigenvalue weighted by Gasteiger charge is -2.37. The van der Waals surface area contributed by atoms with E-state index in [9.17, 15) is 14.0 Å². The van der Waals surface area contributed by atoms with Gasteiger partial charge in [-0.3, -0.25) is 9.59 Å². The van der Waals surface area contributed by atoms with E-state index in [-0.39, 0.29) is 23.7 Å². The minimum absolute atomic E-state index is 0.0406. The summed E-state index contributed by atoms with van der Waals surface area (Å²) in [6.45, 7) is 2.25. The van der Waals surface area contributed by atoms with Crippen LogP contribution in [0.1, 0.15) is 38.5 Å². The summed E-state index contributed by atoms with van der Waals surface area (Å²) >= 11 is 0. The van der Waals surface area contributed by atoms with Crippen molar-refractivity contribution in [2.24, 2.45) is 5.41 Å². The molecule has 1 aliphatic heterocycles. The predicted octanol–water partition coefficient (Wildman–Crippen LogP) is 2.31. The summed E-state index contributed by atoms with van der Waals surface area (Å²) in [7, 11) is 0. The molecule has 0 unspecified atom stereocenters. The second kappa shape index (κ2) is 6.89. The highest BCUT2D eigenvalue weighted by atomic mass is 19.1. The molecule has 0 spiro atoms. The lowest BCUT2D eigenvalue weighted by atomic mass is 10.0. The molecule has 6 heteroatoms. The van der Waals surface area contributed by atoms with E-state index in [1.807, 2.05) is 11.0 Å². The van der Waals surface area contributed by atoms with Gasteiger partial charge in [0.15, 0.2) is 0 Å². The van der Waals surface area contributed by atoms with Crippen molar-refractivity contribution in [2.75, 3.05) is 31.1 Å². The van der Waals surface area contributed by atoms with Crippen LogP contribution in [0.15, 0.2) is 24.3 Å². The van der Waals surface area contributed by atoms with Crippen molar-refractivity contribution in [2.45, 2.75) is 44.6 Å². The molecule has 2 amide bonds. The fraction of sp³-hybridized carbons (Fsp3) is 0.600. The number of carbonyl (C=O) groups excluding carboxylic acids is 2. The van der Waals surface area contributed by atoms with Crippen LogP contribution in [0, 0.1) is 11.2 Å². The molecule has 3 fully saturated rings. The molecule has 1 aromatic carbocycles. The Labute approximate surface area is 153 Å². The highest BCUT2D eigenvalue weighted by molar-refractivity contribution is 6.08. The molecule has 0 bridgehead atoms. The predicted molar refractivity (Wildman–Crippen MR) is 97.3 cm³/mol. The van der Waals surface area contributed by atoms with Crippen molar-refractivity contribution >= 4 is 17.5 Å². The number of carbonyl (C=O) groups is 2. The first-order chi connectivity index (χ1) is 12.6. The van der Waals surface area contributed by atoms with Crippen molar-refractivity contribution in [1.29, 1.82) is 0 Å². The second-order valence-electron chi connectivity index (χ2n) is 7.77. The average molecular weight is 359 g/mol. The lowest BCUT2D eigenvalue weighted by Crippen LogP contribution is -2.54. The van der Waals surface area contributed by atoms with Crippen LogP contribution in [0.25, 0.3) is 0 Å². The lowest BCUT2D eigenvalue weighted by molar-refractivity contribution is -0.144. The first-order valence-electron chi connectivity index (χ1n) is 9.70. The highest BCUT2D eigenvalue weighted by Gasteiger charge is 2.58. The Kier molecular flexibility index (Phi) is 4.59. The van der Waals surface area contributed by atoms with Crippen LogP contribution < -0.4 is 10.2 Å². The van der Waals surface area contributed by atoms with Gasteiger partial charge in [-0.05, 0) is 37.8 Å². The van der Waals surface area contributed by atoms with E-state index >= 15 is 0 Å². The SMILES string of the molecule is O=C(NC1CCCC1)C1(C(=O)N2CCN(c3ccccc3F)CC2)CC1.